The van der Waals surface area contributed by atoms with Crippen molar-refractivity contribution in [2.75, 3.05) is 12.3 Å². The van der Waals surface area contributed by atoms with Crippen molar-refractivity contribution in [1.29, 1.82) is 0 Å². The van der Waals surface area contributed by atoms with Crippen LogP contribution >= 0.6 is 12.6 Å². The quantitative estimate of drug-likeness (QED) is 0.336. The summed E-state index contributed by atoms with van der Waals surface area (Å²) < 4.78 is 5.36. The third kappa shape index (κ3) is 7.65. The normalized spacial score (nSPS) is 19.1. The molecule has 0 aliphatic heterocycles. The Hall–Kier alpha value is -2.22. The molecule has 3 amide bonds. The first-order valence-electron chi connectivity index (χ1n) is 12.2. The number of nitrogens with one attached hydrogen (secondary N) is 2. The zero-order valence-corrected chi connectivity index (χ0v) is 22.5. The number of alkyl carbamates (subject to hydrolysis) is 1. The van der Waals surface area contributed by atoms with E-state index in [1.165, 1.54) is 0 Å². The summed E-state index contributed by atoms with van der Waals surface area (Å²) in [6.07, 6.45) is 1.94. The molecule has 4 unspecified atom stereocenters. The van der Waals surface area contributed by atoms with Crippen LogP contribution in [0.3, 0.4) is 0 Å². The van der Waals surface area contributed by atoms with Crippen LogP contribution in [-0.2, 0) is 14.3 Å². The van der Waals surface area contributed by atoms with E-state index in [0.717, 1.165) is 36.0 Å². The van der Waals surface area contributed by atoms with Gasteiger partial charge in [-0.3, -0.25) is 9.59 Å². The van der Waals surface area contributed by atoms with Crippen LogP contribution < -0.4 is 10.6 Å². The average molecular weight is 492 g/mol. The van der Waals surface area contributed by atoms with Crippen molar-refractivity contribution in [2.24, 2.45) is 5.92 Å². The highest BCUT2D eigenvalue weighted by Gasteiger charge is 2.48. The molecule has 34 heavy (non-hydrogen) atoms. The van der Waals surface area contributed by atoms with Crippen molar-refractivity contribution < 1.29 is 19.1 Å². The molecule has 1 aliphatic rings. The Bertz CT molecular complexity index is 883. The fourth-order valence-electron chi connectivity index (χ4n) is 3.94. The molecule has 1 aromatic carbocycles. The van der Waals surface area contributed by atoms with Crippen LogP contribution in [0.15, 0.2) is 18.2 Å². The van der Waals surface area contributed by atoms with Crippen LogP contribution in [0, 0.1) is 19.8 Å². The van der Waals surface area contributed by atoms with E-state index in [2.05, 4.69) is 37.1 Å². The first kappa shape index (κ1) is 28.0. The monoisotopic (exact) mass is 491 g/mol. The van der Waals surface area contributed by atoms with E-state index in [4.69, 9.17) is 4.74 Å². The molecule has 7 nitrogen and oxygen atoms in total. The molecular formula is C26H41N3O4S. The molecule has 1 fully saturated rings. The lowest BCUT2D eigenvalue weighted by Crippen LogP contribution is -2.55. The van der Waals surface area contributed by atoms with Crippen LogP contribution in [0.25, 0.3) is 0 Å². The summed E-state index contributed by atoms with van der Waals surface area (Å²) in [6, 6.07) is 4.16. The molecule has 0 saturated heterocycles. The van der Waals surface area contributed by atoms with Gasteiger partial charge in [-0.05, 0) is 64.5 Å². The summed E-state index contributed by atoms with van der Waals surface area (Å²) in [7, 11) is 0. The molecule has 0 heterocycles. The van der Waals surface area contributed by atoms with Gasteiger partial charge in [-0.1, -0.05) is 44.0 Å². The summed E-state index contributed by atoms with van der Waals surface area (Å²) in [5, 5.41) is 5.69. The van der Waals surface area contributed by atoms with Gasteiger partial charge in [0, 0.05) is 18.3 Å². The van der Waals surface area contributed by atoms with E-state index in [-0.39, 0.29) is 29.5 Å². The summed E-state index contributed by atoms with van der Waals surface area (Å²) in [4.78, 5) is 41.5. The zero-order valence-electron chi connectivity index (χ0n) is 21.6. The van der Waals surface area contributed by atoms with E-state index in [0.29, 0.717) is 6.54 Å². The molecule has 1 aromatic rings. The largest absolute Gasteiger partial charge is 0.444 e. The highest BCUT2D eigenvalue weighted by Crippen LogP contribution is 2.41. The SMILES string of the molecule is CCCCNC(=O)C(c1cc(C)ccc1C)N(C(=O)C(CS)NC(=O)OC(C)(C)C)C1CC1C. The van der Waals surface area contributed by atoms with Crippen molar-refractivity contribution >= 4 is 30.5 Å². The Labute approximate surface area is 209 Å². The number of ether oxygens (including phenoxy) is 1. The maximum absolute atomic E-state index is 13.9. The predicted molar refractivity (Wildman–Crippen MR) is 138 cm³/mol. The smallest absolute Gasteiger partial charge is 0.408 e. The molecule has 190 valence electrons. The second-order valence-corrected chi connectivity index (χ2v) is 10.7. The van der Waals surface area contributed by atoms with Crippen LogP contribution in [-0.4, -0.2) is 52.8 Å². The lowest BCUT2D eigenvalue weighted by molar-refractivity contribution is -0.143. The Morgan fingerprint density at radius 2 is 1.88 bits per heavy atom. The van der Waals surface area contributed by atoms with Gasteiger partial charge in [-0.25, -0.2) is 4.79 Å². The summed E-state index contributed by atoms with van der Waals surface area (Å²) >= 11 is 4.34. The van der Waals surface area contributed by atoms with Crippen molar-refractivity contribution in [3.63, 3.8) is 0 Å². The van der Waals surface area contributed by atoms with Crippen molar-refractivity contribution in [2.45, 2.75) is 91.5 Å². The van der Waals surface area contributed by atoms with Gasteiger partial charge in [-0.2, -0.15) is 12.6 Å². The standard InChI is InChI=1S/C26H41N3O4S/c1-8-9-12-27-23(30)22(19-13-16(2)10-11-17(19)3)29(21-14-18(21)4)24(31)20(15-34)28-25(32)33-26(5,6)7/h10-11,13,18,20-22,34H,8-9,12,14-15H2,1-7H3,(H,27,30)(H,28,32). The fourth-order valence-corrected chi connectivity index (χ4v) is 4.19. The molecule has 2 N–H and O–H groups in total. The third-order valence-corrected chi connectivity index (χ3v) is 6.30. The van der Waals surface area contributed by atoms with Gasteiger partial charge in [-0.15, -0.1) is 0 Å². The zero-order chi connectivity index (χ0) is 25.6. The Kier molecular flexibility index (Phi) is 9.85. The molecule has 1 saturated carbocycles. The number of amides is 3. The highest BCUT2D eigenvalue weighted by atomic mass is 32.1. The number of benzene rings is 1. The van der Waals surface area contributed by atoms with Gasteiger partial charge in [0.15, 0.2) is 0 Å². The molecule has 0 radical (unpaired) electrons. The maximum Gasteiger partial charge on any atom is 0.408 e. The summed E-state index contributed by atoms with van der Waals surface area (Å²) in [6.45, 7) is 13.9. The van der Waals surface area contributed by atoms with Gasteiger partial charge >= 0.3 is 6.09 Å². The van der Waals surface area contributed by atoms with Gasteiger partial charge in [0.05, 0.1) is 0 Å². The van der Waals surface area contributed by atoms with Crippen molar-refractivity contribution in [1.82, 2.24) is 15.5 Å². The summed E-state index contributed by atoms with van der Waals surface area (Å²) in [5.41, 5.74) is 2.06. The molecule has 0 spiro atoms. The molecular weight excluding hydrogens is 450 g/mol. The topological polar surface area (TPSA) is 87.7 Å². The number of thiol groups is 1. The van der Waals surface area contributed by atoms with Crippen LogP contribution in [0.1, 0.15) is 76.6 Å². The average Bonchev–Trinajstić information content (AvgIpc) is 3.46. The first-order valence-corrected chi connectivity index (χ1v) is 12.8. The van der Waals surface area contributed by atoms with Gasteiger partial charge in [0.25, 0.3) is 0 Å². The molecule has 4 atom stereocenters. The minimum Gasteiger partial charge on any atom is -0.444 e. The minimum absolute atomic E-state index is 0.0860. The lowest BCUT2D eigenvalue weighted by atomic mass is 9.96. The second-order valence-electron chi connectivity index (χ2n) is 10.3. The van der Waals surface area contributed by atoms with Crippen molar-refractivity contribution in [3.8, 4) is 0 Å². The number of carbonyl (C=O) groups is 3. The highest BCUT2D eigenvalue weighted by molar-refractivity contribution is 7.80. The van der Waals surface area contributed by atoms with Crippen LogP contribution in [0.5, 0.6) is 0 Å². The van der Waals surface area contributed by atoms with E-state index >= 15 is 0 Å². The van der Waals surface area contributed by atoms with E-state index in [1.807, 2.05) is 32.0 Å². The molecule has 8 heteroatoms. The number of nitrogens with zero attached hydrogens (tertiary/aromatic N) is 1. The van der Waals surface area contributed by atoms with Crippen LogP contribution in [0.4, 0.5) is 4.79 Å². The number of carbonyl (C=O) groups excluding carboxylic acids is 3. The molecule has 0 bridgehead atoms. The molecule has 1 aliphatic carbocycles. The predicted octanol–water partition coefficient (Wildman–Crippen LogP) is 4.32. The van der Waals surface area contributed by atoms with Crippen molar-refractivity contribution in [3.05, 3.63) is 34.9 Å². The fraction of sp³-hybridized carbons (Fsp3) is 0.654. The Morgan fingerprint density at radius 1 is 1.24 bits per heavy atom. The number of rotatable bonds is 10. The molecule has 0 aromatic heterocycles. The van der Waals surface area contributed by atoms with Gasteiger partial charge < -0.3 is 20.3 Å². The molecule has 2 rings (SSSR count). The minimum atomic E-state index is -0.915. The Morgan fingerprint density at radius 3 is 2.41 bits per heavy atom. The van der Waals surface area contributed by atoms with Gasteiger partial charge in [0.1, 0.15) is 17.7 Å². The first-order chi connectivity index (χ1) is 15.9. The van der Waals surface area contributed by atoms with Gasteiger partial charge in [0.2, 0.25) is 11.8 Å². The van der Waals surface area contributed by atoms with Crippen LogP contribution in [0.2, 0.25) is 0 Å². The number of unbranched alkanes of at least 4 members (excludes halogenated alkanes) is 1. The lowest BCUT2D eigenvalue weighted by Gasteiger charge is -2.35. The number of hydrogen-bond donors (Lipinski definition) is 3. The van der Waals surface area contributed by atoms with E-state index in [1.54, 1.807) is 25.7 Å². The van der Waals surface area contributed by atoms with E-state index < -0.39 is 23.8 Å². The number of hydrogen-bond acceptors (Lipinski definition) is 5. The second kappa shape index (κ2) is 12.0. The summed E-state index contributed by atoms with van der Waals surface area (Å²) in [5.74, 6) is -0.175. The Balaban J connectivity index is 2.44. The number of aryl methyl sites for hydroxylation is 2. The maximum atomic E-state index is 13.9. The third-order valence-electron chi connectivity index (χ3n) is 5.94. The van der Waals surface area contributed by atoms with E-state index in [9.17, 15) is 14.4 Å².